The summed E-state index contributed by atoms with van der Waals surface area (Å²) < 4.78 is 0. The van der Waals surface area contributed by atoms with Crippen molar-refractivity contribution in [1.29, 1.82) is 0 Å². The standard InChI is InChI=1S/C10H12ClN/c1-8(7-12-2)9-3-5-10(11)6-4-9/h3-6,12H,1,7H2,2H3. The van der Waals surface area contributed by atoms with Crippen molar-refractivity contribution in [2.45, 2.75) is 0 Å². The minimum Gasteiger partial charge on any atom is -0.316 e. The first kappa shape index (κ1) is 9.30. The van der Waals surface area contributed by atoms with Crippen LogP contribution in [0.1, 0.15) is 5.56 Å². The molecule has 1 aromatic carbocycles. The molecule has 0 saturated heterocycles. The van der Waals surface area contributed by atoms with E-state index in [0.717, 1.165) is 22.7 Å². The van der Waals surface area contributed by atoms with Crippen molar-refractivity contribution in [2.75, 3.05) is 13.6 Å². The molecule has 0 aromatic heterocycles. The maximum Gasteiger partial charge on any atom is 0.0406 e. The zero-order valence-electron chi connectivity index (χ0n) is 7.10. The van der Waals surface area contributed by atoms with Crippen LogP contribution in [0, 0.1) is 0 Å². The lowest BCUT2D eigenvalue weighted by molar-refractivity contribution is 0.933. The predicted octanol–water partition coefficient (Wildman–Crippen LogP) is 2.57. The third kappa shape index (κ3) is 2.36. The van der Waals surface area contributed by atoms with Gasteiger partial charge in [-0.1, -0.05) is 30.3 Å². The van der Waals surface area contributed by atoms with Crippen molar-refractivity contribution in [3.8, 4) is 0 Å². The van der Waals surface area contributed by atoms with E-state index in [2.05, 4.69) is 11.9 Å². The van der Waals surface area contributed by atoms with Gasteiger partial charge >= 0.3 is 0 Å². The number of halogens is 1. The minimum absolute atomic E-state index is 0.760. The lowest BCUT2D eigenvalue weighted by Crippen LogP contribution is -2.08. The van der Waals surface area contributed by atoms with Crippen LogP contribution in [-0.4, -0.2) is 13.6 Å². The molecule has 2 heteroatoms. The monoisotopic (exact) mass is 181 g/mol. The van der Waals surface area contributed by atoms with E-state index in [0.29, 0.717) is 0 Å². The molecule has 1 N–H and O–H groups in total. The van der Waals surface area contributed by atoms with Gasteiger partial charge in [0.2, 0.25) is 0 Å². The second kappa shape index (κ2) is 4.29. The van der Waals surface area contributed by atoms with Gasteiger partial charge in [-0.15, -0.1) is 0 Å². The summed E-state index contributed by atoms with van der Waals surface area (Å²) in [5.74, 6) is 0. The number of hydrogen-bond acceptors (Lipinski definition) is 1. The number of benzene rings is 1. The van der Waals surface area contributed by atoms with Gasteiger partial charge in [0.05, 0.1) is 0 Å². The zero-order chi connectivity index (χ0) is 8.97. The Balaban J connectivity index is 2.75. The van der Waals surface area contributed by atoms with Crippen molar-refractivity contribution in [1.82, 2.24) is 5.32 Å². The fourth-order valence-corrected chi connectivity index (χ4v) is 1.13. The van der Waals surface area contributed by atoms with Crippen molar-refractivity contribution in [3.05, 3.63) is 41.4 Å². The molecule has 0 aliphatic rings. The first-order chi connectivity index (χ1) is 5.74. The van der Waals surface area contributed by atoms with Crippen LogP contribution in [0.25, 0.3) is 5.57 Å². The van der Waals surface area contributed by atoms with E-state index in [1.54, 1.807) is 0 Å². The SMILES string of the molecule is C=C(CNC)c1ccc(Cl)cc1. The molecule has 1 nitrogen and oxygen atoms in total. The molecule has 1 aromatic rings. The molecule has 1 rings (SSSR count). The Morgan fingerprint density at radius 1 is 1.42 bits per heavy atom. The van der Waals surface area contributed by atoms with Gasteiger partial charge in [0.15, 0.2) is 0 Å². The average Bonchev–Trinajstić information content (AvgIpc) is 2.06. The van der Waals surface area contributed by atoms with Crippen molar-refractivity contribution in [3.63, 3.8) is 0 Å². The number of nitrogens with one attached hydrogen (secondary N) is 1. The molecule has 0 bridgehead atoms. The third-order valence-electron chi connectivity index (χ3n) is 1.64. The highest BCUT2D eigenvalue weighted by Crippen LogP contribution is 2.15. The van der Waals surface area contributed by atoms with Crippen LogP contribution >= 0.6 is 11.6 Å². The lowest BCUT2D eigenvalue weighted by Gasteiger charge is -2.04. The average molecular weight is 182 g/mol. The van der Waals surface area contributed by atoms with Crippen LogP contribution in [0.15, 0.2) is 30.8 Å². The number of rotatable bonds is 3. The van der Waals surface area contributed by atoms with Gasteiger partial charge in [-0.05, 0) is 30.3 Å². The number of likely N-dealkylation sites (N-methyl/N-ethyl adjacent to an activating group) is 1. The highest BCUT2D eigenvalue weighted by atomic mass is 35.5. The van der Waals surface area contributed by atoms with Crippen LogP contribution in [0.3, 0.4) is 0 Å². The van der Waals surface area contributed by atoms with Gasteiger partial charge < -0.3 is 5.32 Å². The normalized spacial score (nSPS) is 9.83. The van der Waals surface area contributed by atoms with Crippen molar-refractivity contribution in [2.24, 2.45) is 0 Å². The van der Waals surface area contributed by atoms with Gasteiger partial charge in [0.1, 0.15) is 0 Å². The Labute approximate surface area is 78.1 Å². The number of hydrogen-bond donors (Lipinski definition) is 1. The van der Waals surface area contributed by atoms with Gasteiger partial charge in [0.25, 0.3) is 0 Å². The van der Waals surface area contributed by atoms with Crippen molar-refractivity contribution < 1.29 is 0 Å². The zero-order valence-corrected chi connectivity index (χ0v) is 7.86. The summed E-state index contributed by atoms with van der Waals surface area (Å²) in [4.78, 5) is 0. The third-order valence-corrected chi connectivity index (χ3v) is 1.89. The van der Waals surface area contributed by atoms with E-state index >= 15 is 0 Å². The summed E-state index contributed by atoms with van der Waals surface area (Å²) in [7, 11) is 1.90. The first-order valence-corrected chi connectivity index (χ1v) is 4.20. The summed E-state index contributed by atoms with van der Waals surface area (Å²) in [6, 6.07) is 7.69. The molecule has 0 aliphatic heterocycles. The van der Waals surface area contributed by atoms with Gasteiger partial charge in [-0.3, -0.25) is 0 Å². The highest BCUT2D eigenvalue weighted by Gasteiger charge is 1.96. The summed E-state index contributed by atoms with van der Waals surface area (Å²) in [6.45, 7) is 4.75. The summed E-state index contributed by atoms with van der Waals surface area (Å²) in [6.07, 6.45) is 0. The quantitative estimate of drug-likeness (QED) is 0.756. The maximum absolute atomic E-state index is 5.75. The molecule has 64 valence electrons. The Kier molecular flexibility index (Phi) is 3.32. The van der Waals surface area contributed by atoms with Gasteiger partial charge in [-0.25, -0.2) is 0 Å². The smallest absolute Gasteiger partial charge is 0.0406 e. The van der Waals surface area contributed by atoms with E-state index in [-0.39, 0.29) is 0 Å². The second-order valence-electron chi connectivity index (χ2n) is 2.64. The fraction of sp³-hybridized carbons (Fsp3) is 0.200. The molecule has 0 radical (unpaired) electrons. The molecule has 0 heterocycles. The largest absolute Gasteiger partial charge is 0.316 e. The Hall–Kier alpha value is -0.790. The molecular weight excluding hydrogens is 170 g/mol. The minimum atomic E-state index is 0.760. The van der Waals surface area contributed by atoms with E-state index in [9.17, 15) is 0 Å². The first-order valence-electron chi connectivity index (χ1n) is 3.82. The van der Waals surface area contributed by atoms with E-state index in [4.69, 9.17) is 11.6 Å². The molecule has 0 aliphatic carbocycles. The van der Waals surface area contributed by atoms with Crippen LogP contribution in [0.2, 0.25) is 5.02 Å². The molecule has 0 atom stereocenters. The van der Waals surface area contributed by atoms with Crippen LogP contribution in [-0.2, 0) is 0 Å². The van der Waals surface area contributed by atoms with Crippen molar-refractivity contribution >= 4 is 17.2 Å². The highest BCUT2D eigenvalue weighted by molar-refractivity contribution is 6.30. The van der Waals surface area contributed by atoms with Crippen LogP contribution in [0.5, 0.6) is 0 Å². The summed E-state index contributed by atoms with van der Waals surface area (Å²) in [5, 5.41) is 3.81. The van der Waals surface area contributed by atoms with Gasteiger partial charge in [0, 0.05) is 11.6 Å². The maximum atomic E-state index is 5.75. The van der Waals surface area contributed by atoms with E-state index < -0.39 is 0 Å². The topological polar surface area (TPSA) is 12.0 Å². The fourth-order valence-electron chi connectivity index (χ4n) is 1.00. The summed E-state index contributed by atoms with van der Waals surface area (Å²) >= 11 is 5.75. The molecule has 12 heavy (non-hydrogen) atoms. The molecule has 0 saturated carbocycles. The predicted molar refractivity (Wildman–Crippen MR) is 54.4 cm³/mol. The van der Waals surface area contributed by atoms with Gasteiger partial charge in [-0.2, -0.15) is 0 Å². The van der Waals surface area contributed by atoms with E-state index in [1.165, 1.54) is 0 Å². The molecule has 0 amide bonds. The van der Waals surface area contributed by atoms with Crippen LogP contribution in [0.4, 0.5) is 0 Å². The van der Waals surface area contributed by atoms with Crippen LogP contribution < -0.4 is 5.32 Å². The lowest BCUT2D eigenvalue weighted by atomic mass is 10.1. The molecular formula is C10H12ClN. The second-order valence-corrected chi connectivity index (χ2v) is 3.08. The molecule has 0 fully saturated rings. The summed E-state index contributed by atoms with van der Waals surface area (Å²) in [5.41, 5.74) is 2.21. The Bertz CT molecular complexity index is 264. The Morgan fingerprint density at radius 3 is 2.50 bits per heavy atom. The molecule has 0 spiro atoms. The Morgan fingerprint density at radius 2 is 2.00 bits per heavy atom. The molecule has 0 unspecified atom stereocenters. The van der Waals surface area contributed by atoms with E-state index in [1.807, 2.05) is 31.3 Å².